The second-order valence-corrected chi connectivity index (χ2v) is 6.50. The molecule has 0 bridgehead atoms. The molecule has 1 amide bonds. The molecule has 0 aliphatic heterocycles. The minimum atomic E-state index is -1.60. The van der Waals surface area contributed by atoms with Gasteiger partial charge in [-0.2, -0.15) is 5.10 Å². The normalized spacial score (nSPS) is 12.9. The highest BCUT2D eigenvalue weighted by Crippen LogP contribution is 2.21. The Bertz CT molecular complexity index is 1290. The molecule has 4 aromatic rings. The first kappa shape index (κ1) is 18.3. The van der Waals surface area contributed by atoms with Crippen LogP contribution in [0, 0.1) is 18.8 Å². The van der Waals surface area contributed by atoms with Crippen molar-refractivity contribution < 1.29 is 14.3 Å². The average molecular weight is 388 g/mol. The van der Waals surface area contributed by atoms with E-state index in [4.69, 9.17) is 10.2 Å². The number of aliphatic hydroxyl groups is 1. The van der Waals surface area contributed by atoms with Crippen molar-refractivity contribution >= 4 is 16.9 Å². The summed E-state index contributed by atoms with van der Waals surface area (Å²) in [5, 5.41) is 22.9. The van der Waals surface area contributed by atoms with Gasteiger partial charge in [-0.05, 0) is 37.3 Å². The standard InChI is InChI=1S/C20H16N6O3/c1-12-23-24-19(29-12)20(2,28)9-8-13-5-3-6-14(11-13)26-18-15(7-4-10-22-18)16(25-26)17(21)27/h3-7,10-11,28H,1-2H3,(H2,21,27). The molecular weight excluding hydrogens is 372 g/mol. The molecule has 0 aliphatic carbocycles. The fraction of sp³-hybridized carbons (Fsp3) is 0.150. The number of hydrogen-bond donors (Lipinski definition) is 2. The summed E-state index contributed by atoms with van der Waals surface area (Å²) in [7, 11) is 0. The Morgan fingerprint density at radius 1 is 1.28 bits per heavy atom. The molecule has 4 rings (SSSR count). The maximum atomic E-state index is 11.7. The summed E-state index contributed by atoms with van der Waals surface area (Å²) in [6, 6.07) is 10.6. The molecule has 9 nitrogen and oxygen atoms in total. The molecule has 3 heterocycles. The first-order chi connectivity index (χ1) is 13.8. The monoisotopic (exact) mass is 388 g/mol. The van der Waals surface area contributed by atoms with E-state index in [0.29, 0.717) is 28.2 Å². The third kappa shape index (κ3) is 3.44. The molecule has 0 aliphatic rings. The van der Waals surface area contributed by atoms with Gasteiger partial charge in [-0.25, -0.2) is 9.67 Å². The predicted molar refractivity (Wildman–Crippen MR) is 103 cm³/mol. The summed E-state index contributed by atoms with van der Waals surface area (Å²) in [6.45, 7) is 3.10. The molecule has 29 heavy (non-hydrogen) atoms. The maximum absolute atomic E-state index is 11.7. The van der Waals surface area contributed by atoms with Crippen LogP contribution in [0.5, 0.6) is 0 Å². The van der Waals surface area contributed by atoms with Crippen molar-refractivity contribution in [3.63, 3.8) is 0 Å². The van der Waals surface area contributed by atoms with Crippen molar-refractivity contribution in [3.8, 4) is 17.5 Å². The minimum Gasteiger partial charge on any atom is -0.421 e. The van der Waals surface area contributed by atoms with Crippen molar-refractivity contribution in [3.05, 3.63) is 65.6 Å². The number of primary amides is 1. The number of benzene rings is 1. The SMILES string of the molecule is Cc1nnc(C(C)(O)C#Cc2cccc(-n3nc(C(N)=O)c4cccnc43)c2)o1. The van der Waals surface area contributed by atoms with Crippen LogP contribution in [-0.2, 0) is 5.60 Å². The lowest BCUT2D eigenvalue weighted by Crippen LogP contribution is -2.19. The summed E-state index contributed by atoms with van der Waals surface area (Å²) in [5.41, 5.74) is 5.73. The average Bonchev–Trinajstić information content (AvgIpc) is 3.31. The number of aromatic nitrogens is 5. The number of aryl methyl sites for hydroxylation is 1. The van der Waals surface area contributed by atoms with Crippen molar-refractivity contribution in [1.29, 1.82) is 0 Å². The van der Waals surface area contributed by atoms with E-state index in [1.54, 1.807) is 49.5 Å². The number of carbonyl (C=O) groups is 1. The number of hydrogen-bond acceptors (Lipinski definition) is 7. The number of nitrogens with zero attached hydrogens (tertiary/aromatic N) is 5. The van der Waals surface area contributed by atoms with Gasteiger partial charge < -0.3 is 15.3 Å². The second-order valence-electron chi connectivity index (χ2n) is 6.50. The van der Waals surface area contributed by atoms with Gasteiger partial charge >= 0.3 is 0 Å². The fourth-order valence-electron chi connectivity index (χ4n) is 2.77. The number of carbonyl (C=O) groups excluding carboxylic acids is 1. The van der Waals surface area contributed by atoms with Gasteiger partial charge in [0.25, 0.3) is 11.8 Å². The van der Waals surface area contributed by atoms with Crippen LogP contribution >= 0.6 is 0 Å². The van der Waals surface area contributed by atoms with Gasteiger partial charge in [0.1, 0.15) is 0 Å². The fourth-order valence-corrected chi connectivity index (χ4v) is 2.77. The molecule has 0 fully saturated rings. The number of rotatable bonds is 3. The van der Waals surface area contributed by atoms with Gasteiger partial charge in [-0.3, -0.25) is 4.79 Å². The molecule has 144 valence electrons. The quantitative estimate of drug-likeness (QED) is 0.508. The van der Waals surface area contributed by atoms with E-state index in [0.717, 1.165) is 0 Å². The molecule has 1 aromatic carbocycles. The smallest absolute Gasteiger partial charge is 0.269 e. The van der Waals surface area contributed by atoms with E-state index in [2.05, 4.69) is 32.1 Å². The Morgan fingerprint density at radius 2 is 2.10 bits per heavy atom. The van der Waals surface area contributed by atoms with Crippen LogP contribution in [0.25, 0.3) is 16.7 Å². The number of amides is 1. The minimum absolute atomic E-state index is 0.0204. The van der Waals surface area contributed by atoms with Crippen LogP contribution in [0.4, 0.5) is 0 Å². The Kier molecular flexibility index (Phi) is 4.33. The lowest BCUT2D eigenvalue weighted by molar-refractivity contribution is 0.0881. The van der Waals surface area contributed by atoms with Gasteiger partial charge in [0.2, 0.25) is 11.5 Å². The summed E-state index contributed by atoms with van der Waals surface area (Å²) >= 11 is 0. The van der Waals surface area contributed by atoms with Gasteiger partial charge in [0.05, 0.1) is 11.1 Å². The van der Waals surface area contributed by atoms with Gasteiger partial charge in [-0.15, -0.1) is 10.2 Å². The van der Waals surface area contributed by atoms with Crippen molar-refractivity contribution in [2.24, 2.45) is 5.73 Å². The highest BCUT2D eigenvalue weighted by Gasteiger charge is 2.27. The van der Waals surface area contributed by atoms with Crippen LogP contribution in [0.3, 0.4) is 0 Å². The zero-order valence-corrected chi connectivity index (χ0v) is 15.6. The molecule has 0 spiro atoms. The molecular formula is C20H16N6O3. The summed E-state index contributed by atoms with van der Waals surface area (Å²) < 4.78 is 6.79. The number of pyridine rings is 1. The van der Waals surface area contributed by atoms with Crippen molar-refractivity contribution in [1.82, 2.24) is 25.0 Å². The third-order valence-electron chi connectivity index (χ3n) is 4.16. The highest BCUT2D eigenvalue weighted by molar-refractivity contribution is 6.03. The van der Waals surface area contributed by atoms with E-state index in [9.17, 15) is 9.90 Å². The van der Waals surface area contributed by atoms with E-state index in [1.807, 2.05) is 0 Å². The predicted octanol–water partition coefficient (Wildman–Crippen LogP) is 1.47. The Labute approximate surface area is 165 Å². The van der Waals surface area contributed by atoms with Gasteiger partial charge in [0.15, 0.2) is 11.3 Å². The van der Waals surface area contributed by atoms with E-state index in [-0.39, 0.29) is 11.6 Å². The molecule has 0 saturated carbocycles. The molecule has 3 aromatic heterocycles. The van der Waals surface area contributed by atoms with Crippen molar-refractivity contribution in [2.75, 3.05) is 0 Å². The largest absolute Gasteiger partial charge is 0.421 e. The summed E-state index contributed by atoms with van der Waals surface area (Å²) in [5.74, 6) is 5.36. The summed E-state index contributed by atoms with van der Waals surface area (Å²) in [6.07, 6.45) is 1.61. The number of nitrogens with two attached hydrogens (primary N) is 1. The van der Waals surface area contributed by atoms with Crippen LogP contribution in [0.15, 0.2) is 47.0 Å². The Morgan fingerprint density at radius 3 is 2.83 bits per heavy atom. The second kappa shape index (κ2) is 6.85. The lowest BCUT2D eigenvalue weighted by atomic mass is 10.1. The van der Waals surface area contributed by atoms with E-state index in [1.165, 1.54) is 11.6 Å². The Balaban J connectivity index is 1.75. The molecule has 1 atom stereocenters. The molecule has 1 unspecified atom stereocenters. The zero-order chi connectivity index (χ0) is 20.6. The van der Waals surface area contributed by atoms with Crippen LogP contribution in [0.2, 0.25) is 0 Å². The van der Waals surface area contributed by atoms with Gasteiger partial charge in [-0.1, -0.05) is 17.9 Å². The zero-order valence-electron chi connectivity index (χ0n) is 15.6. The first-order valence-corrected chi connectivity index (χ1v) is 8.65. The van der Waals surface area contributed by atoms with E-state index < -0.39 is 11.5 Å². The van der Waals surface area contributed by atoms with Gasteiger partial charge in [0, 0.05) is 18.7 Å². The van der Waals surface area contributed by atoms with Crippen LogP contribution in [0.1, 0.15) is 34.8 Å². The molecule has 0 saturated heterocycles. The maximum Gasteiger partial charge on any atom is 0.269 e. The van der Waals surface area contributed by atoms with Crippen LogP contribution < -0.4 is 5.73 Å². The lowest BCUT2D eigenvalue weighted by Gasteiger charge is -2.10. The van der Waals surface area contributed by atoms with Crippen molar-refractivity contribution in [2.45, 2.75) is 19.4 Å². The molecule has 0 radical (unpaired) electrons. The van der Waals surface area contributed by atoms with E-state index >= 15 is 0 Å². The number of fused-ring (bicyclic) bond motifs is 1. The van der Waals surface area contributed by atoms with Crippen LogP contribution in [-0.4, -0.2) is 36.0 Å². The Hall–Kier alpha value is -4.03. The molecule has 3 N–H and O–H groups in total. The topological polar surface area (TPSA) is 133 Å². The first-order valence-electron chi connectivity index (χ1n) is 8.65. The molecule has 9 heteroatoms. The highest BCUT2D eigenvalue weighted by atomic mass is 16.4. The summed E-state index contributed by atoms with van der Waals surface area (Å²) in [4.78, 5) is 16.0. The third-order valence-corrected chi connectivity index (χ3v) is 4.16.